The van der Waals surface area contributed by atoms with Gasteiger partial charge >= 0.3 is 0 Å². The lowest BCUT2D eigenvalue weighted by atomic mass is 9.87. The van der Waals surface area contributed by atoms with Crippen molar-refractivity contribution in [1.82, 2.24) is 9.80 Å². The molecule has 0 amide bonds. The molecule has 1 unspecified atom stereocenters. The Morgan fingerprint density at radius 3 is 2.76 bits per heavy atom. The maximum absolute atomic E-state index is 6.19. The maximum Gasteiger partial charge on any atom is 0.0456 e. The molecule has 1 aromatic rings. The molecule has 0 saturated carbocycles. The van der Waals surface area contributed by atoms with Crippen molar-refractivity contribution in [3.63, 3.8) is 0 Å². The first kappa shape index (κ1) is 16.8. The van der Waals surface area contributed by atoms with Crippen LogP contribution in [0.4, 0.5) is 0 Å². The monoisotopic (exact) mass is 307 g/mol. The molecule has 1 fully saturated rings. The lowest BCUT2D eigenvalue weighted by Crippen LogP contribution is -2.61. The second-order valence-corrected chi connectivity index (χ2v) is 7.13. The van der Waals surface area contributed by atoms with E-state index in [9.17, 15) is 0 Å². The summed E-state index contributed by atoms with van der Waals surface area (Å²) in [6.07, 6.45) is 4.64. The Bertz CT molecular complexity index is 412. The van der Waals surface area contributed by atoms with Crippen molar-refractivity contribution in [3.05, 3.63) is 35.9 Å². The molecule has 1 heterocycles. The molecule has 1 aliphatic rings. The van der Waals surface area contributed by atoms with Crippen LogP contribution in [0.25, 0.3) is 0 Å². The van der Waals surface area contributed by atoms with E-state index in [0.717, 1.165) is 26.2 Å². The quantitative estimate of drug-likeness (QED) is 0.838. The molecular weight excluding hydrogens is 278 g/mol. The summed E-state index contributed by atoms with van der Waals surface area (Å²) < 4.78 is 0. The topological polar surface area (TPSA) is 32.5 Å². The molecule has 1 saturated heterocycles. The summed E-state index contributed by atoms with van der Waals surface area (Å²) in [7, 11) is 2.25. The molecule has 0 aromatic heterocycles. The molecule has 2 N–H and O–H groups in total. The fourth-order valence-corrected chi connectivity index (χ4v) is 3.74. The first-order chi connectivity index (χ1) is 10.2. The average molecular weight is 308 g/mol. The van der Waals surface area contributed by atoms with Crippen LogP contribution >= 0.6 is 11.8 Å². The van der Waals surface area contributed by atoms with Crippen LogP contribution < -0.4 is 5.73 Å². The molecule has 1 aromatic carbocycles. The van der Waals surface area contributed by atoms with Gasteiger partial charge in [0.05, 0.1) is 0 Å². The smallest absolute Gasteiger partial charge is 0.0456 e. The molecule has 3 nitrogen and oxygen atoms in total. The standard InChI is InChI=1S/C17H29N3S/c1-19(11-12-21-2)17(14-18)9-6-10-20(15-17)13-16-7-4-3-5-8-16/h3-5,7-8H,6,9-15,18H2,1-2H3. The van der Waals surface area contributed by atoms with E-state index >= 15 is 0 Å². The van der Waals surface area contributed by atoms with Crippen LogP contribution in [0.5, 0.6) is 0 Å². The zero-order valence-electron chi connectivity index (χ0n) is 13.4. The zero-order valence-corrected chi connectivity index (χ0v) is 14.2. The third kappa shape index (κ3) is 4.46. The first-order valence-electron chi connectivity index (χ1n) is 7.87. The third-order valence-corrected chi connectivity index (χ3v) is 5.29. The van der Waals surface area contributed by atoms with Crippen LogP contribution in [-0.4, -0.2) is 60.6 Å². The van der Waals surface area contributed by atoms with Crippen molar-refractivity contribution in [2.24, 2.45) is 5.73 Å². The number of benzene rings is 1. The summed E-state index contributed by atoms with van der Waals surface area (Å²) in [6, 6.07) is 10.8. The molecule has 21 heavy (non-hydrogen) atoms. The van der Waals surface area contributed by atoms with Gasteiger partial charge in [-0.1, -0.05) is 30.3 Å². The average Bonchev–Trinajstić information content (AvgIpc) is 2.53. The summed E-state index contributed by atoms with van der Waals surface area (Å²) in [6.45, 7) is 5.19. The van der Waals surface area contributed by atoms with E-state index in [2.05, 4.69) is 53.4 Å². The molecule has 4 heteroatoms. The van der Waals surface area contributed by atoms with Crippen molar-refractivity contribution in [1.29, 1.82) is 0 Å². The second-order valence-electron chi connectivity index (χ2n) is 6.14. The summed E-state index contributed by atoms with van der Waals surface area (Å²) in [4.78, 5) is 5.07. The van der Waals surface area contributed by atoms with Gasteiger partial charge in [-0.05, 0) is 38.3 Å². The Labute approximate surface area is 133 Å². The molecule has 0 radical (unpaired) electrons. The number of nitrogens with two attached hydrogens (primary N) is 1. The van der Waals surface area contributed by atoms with Crippen LogP contribution in [0.3, 0.4) is 0 Å². The minimum absolute atomic E-state index is 0.156. The van der Waals surface area contributed by atoms with Crippen LogP contribution in [0, 0.1) is 0 Å². The predicted molar refractivity (Wildman–Crippen MR) is 93.8 cm³/mol. The number of thioether (sulfide) groups is 1. The van der Waals surface area contributed by atoms with Crippen molar-refractivity contribution in [3.8, 4) is 0 Å². The number of hydrogen-bond acceptors (Lipinski definition) is 4. The highest BCUT2D eigenvalue weighted by Crippen LogP contribution is 2.27. The number of likely N-dealkylation sites (tertiary alicyclic amines) is 1. The predicted octanol–water partition coefficient (Wildman–Crippen LogP) is 2.27. The van der Waals surface area contributed by atoms with Crippen LogP contribution in [0.1, 0.15) is 18.4 Å². The van der Waals surface area contributed by atoms with Crippen LogP contribution in [0.2, 0.25) is 0 Å². The minimum Gasteiger partial charge on any atom is -0.329 e. The maximum atomic E-state index is 6.19. The van der Waals surface area contributed by atoms with E-state index in [-0.39, 0.29) is 5.54 Å². The molecule has 0 spiro atoms. The number of hydrogen-bond donors (Lipinski definition) is 1. The molecule has 118 valence electrons. The van der Waals surface area contributed by atoms with Gasteiger partial charge in [-0.2, -0.15) is 11.8 Å². The number of nitrogens with zero attached hydrogens (tertiary/aromatic N) is 2. The van der Waals surface area contributed by atoms with Crippen molar-refractivity contribution in [2.75, 3.05) is 45.2 Å². The number of rotatable bonds is 7. The first-order valence-corrected chi connectivity index (χ1v) is 9.26. The van der Waals surface area contributed by atoms with Crippen molar-refractivity contribution in [2.45, 2.75) is 24.9 Å². The molecule has 0 aliphatic carbocycles. The molecule has 0 bridgehead atoms. The summed E-state index contributed by atoms with van der Waals surface area (Å²) >= 11 is 1.91. The van der Waals surface area contributed by atoms with Gasteiger partial charge < -0.3 is 5.73 Å². The van der Waals surface area contributed by atoms with E-state index < -0.39 is 0 Å². The SMILES string of the molecule is CSCCN(C)C1(CN)CCCN(Cc2ccccc2)C1. The highest BCUT2D eigenvalue weighted by atomic mass is 32.2. The third-order valence-electron chi connectivity index (χ3n) is 4.70. The second kappa shape index (κ2) is 8.18. The number of piperidine rings is 1. The van der Waals surface area contributed by atoms with Crippen molar-refractivity contribution < 1.29 is 0 Å². The van der Waals surface area contributed by atoms with E-state index in [4.69, 9.17) is 5.73 Å². The van der Waals surface area contributed by atoms with E-state index in [1.165, 1.54) is 30.7 Å². The minimum atomic E-state index is 0.156. The fraction of sp³-hybridized carbons (Fsp3) is 0.647. The Morgan fingerprint density at radius 1 is 1.33 bits per heavy atom. The lowest BCUT2D eigenvalue weighted by molar-refractivity contribution is 0.0344. The highest BCUT2D eigenvalue weighted by molar-refractivity contribution is 7.98. The molecule has 1 atom stereocenters. The van der Waals surface area contributed by atoms with E-state index in [1.54, 1.807) is 0 Å². The molecule has 1 aliphatic heterocycles. The van der Waals surface area contributed by atoms with Gasteiger partial charge in [-0.3, -0.25) is 9.80 Å². The zero-order chi connectivity index (χ0) is 15.1. The fourth-order valence-electron chi connectivity index (χ4n) is 3.28. The summed E-state index contributed by atoms with van der Waals surface area (Å²) in [5.41, 5.74) is 7.75. The van der Waals surface area contributed by atoms with E-state index in [0.29, 0.717) is 0 Å². The van der Waals surface area contributed by atoms with Gasteiger partial charge in [-0.15, -0.1) is 0 Å². The van der Waals surface area contributed by atoms with Crippen molar-refractivity contribution >= 4 is 11.8 Å². The lowest BCUT2D eigenvalue weighted by Gasteiger charge is -2.48. The van der Waals surface area contributed by atoms with Gasteiger partial charge in [0.2, 0.25) is 0 Å². The highest BCUT2D eigenvalue weighted by Gasteiger charge is 2.37. The Morgan fingerprint density at radius 2 is 2.10 bits per heavy atom. The van der Waals surface area contributed by atoms with E-state index in [1.807, 2.05) is 11.8 Å². The Balaban J connectivity index is 2.00. The Kier molecular flexibility index (Phi) is 6.55. The Hall–Kier alpha value is -0.550. The van der Waals surface area contributed by atoms with Gasteiger partial charge in [0.15, 0.2) is 0 Å². The largest absolute Gasteiger partial charge is 0.329 e. The normalized spacial score (nSPS) is 23.6. The summed E-state index contributed by atoms with van der Waals surface area (Å²) in [5, 5.41) is 0. The van der Waals surface area contributed by atoms with Gasteiger partial charge in [-0.25, -0.2) is 0 Å². The van der Waals surface area contributed by atoms with Gasteiger partial charge in [0.25, 0.3) is 0 Å². The number of likely N-dealkylation sites (N-methyl/N-ethyl adjacent to an activating group) is 1. The van der Waals surface area contributed by atoms with Crippen LogP contribution in [-0.2, 0) is 6.54 Å². The molecule has 2 rings (SSSR count). The van der Waals surface area contributed by atoms with Gasteiger partial charge in [0.1, 0.15) is 0 Å². The van der Waals surface area contributed by atoms with Gasteiger partial charge in [0, 0.05) is 37.5 Å². The van der Waals surface area contributed by atoms with Crippen LogP contribution in [0.15, 0.2) is 30.3 Å². The summed E-state index contributed by atoms with van der Waals surface area (Å²) in [5.74, 6) is 1.18. The molecular formula is C17H29N3S.